The number of hydrogen-bond donors (Lipinski definition) is 0. The molecule has 1 heteroatoms. The molecule has 20 heavy (non-hydrogen) atoms. The van der Waals surface area contributed by atoms with Crippen LogP contribution in [0.5, 0.6) is 0 Å². The Balaban J connectivity index is 1.86. The molecule has 0 bridgehead atoms. The van der Waals surface area contributed by atoms with Gasteiger partial charge in [0, 0.05) is 6.42 Å². The van der Waals surface area contributed by atoms with Crippen LogP contribution in [0.3, 0.4) is 0 Å². The Hall–Kier alpha value is -0.590. The molecule has 5 atom stereocenters. The number of fused-ring (bicyclic) bond motifs is 3. The van der Waals surface area contributed by atoms with E-state index in [0.29, 0.717) is 11.2 Å². The smallest absolute Gasteiger partial charge is 0.155 e. The zero-order valence-corrected chi connectivity index (χ0v) is 13.5. The average molecular weight is 274 g/mol. The summed E-state index contributed by atoms with van der Waals surface area (Å²) in [4.78, 5) is 11.7. The number of hydrogen-bond acceptors (Lipinski definition) is 1. The van der Waals surface area contributed by atoms with Gasteiger partial charge >= 0.3 is 0 Å². The van der Waals surface area contributed by atoms with Gasteiger partial charge in [-0.2, -0.15) is 0 Å². The van der Waals surface area contributed by atoms with Gasteiger partial charge in [0.1, 0.15) is 0 Å². The molecule has 0 radical (unpaired) electrons. The van der Waals surface area contributed by atoms with Crippen LogP contribution in [-0.4, -0.2) is 5.78 Å². The fraction of sp³-hybridized carbons (Fsp3) is 0.842. The molecule has 5 unspecified atom stereocenters. The Bertz CT molecular complexity index is 421. The molecule has 0 aromatic carbocycles. The van der Waals surface area contributed by atoms with Crippen molar-refractivity contribution in [3.63, 3.8) is 0 Å². The van der Waals surface area contributed by atoms with E-state index >= 15 is 0 Å². The van der Waals surface area contributed by atoms with Crippen LogP contribution < -0.4 is 0 Å². The van der Waals surface area contributed by atoms with E-state index < -0.39 is 0 Å². The summed E-state index contributed by atoms with van der Waals surface area (Å²) >= 11 is 0. The lowest BCUT2D eigenvalue weighted by Crippen LogP contribution is -2.46. The first kappa shape index (κ1) is 14.4. The van der Waals surface area contributed by atoms with Gasteiger partial charge in [0.05, 0.1) is 0 Å². The van der Waals surface area contributed by atoms with Gasteiger partial charge in [0.25, 0.3) is 0 Å². The summed E-state index contributed by atoms with van der Waals surface area (Å²) in [5, 5.41) is 0. The molecule has 0 heterocycles. The van der Waals surface area contributed by atoms with Gasteiger partial charge in [-0.25, -0.2) is 0 Å². The predicted molar refractivity (Wildman–Crippen MR) is 83.4 cm³/mol. The third kappa shape index (κ3) is 2.18. The van der Waals surface area contributed by atoms with Crippen LogP contribution in [0.2, 0.25) is 0 Å². The Kier molecular flexibility index (Phi) is 3.81. The Morgan fingerprint density at radius 2 is 1.95 bits per heavy atom. The van der Waals surface area contributed by atoms with Gasteiger partial charge in [-0.1, -0.05) is 39.2 Å². The first-order valence-corrected chi connectivity index (χ1v) is 8.82. The lowest BCUT2D eigenvalue weighted by molar-refractivity contribution is -0.116. The monoisotopic (exact) mass is 274 g/mol. The van der Waals surface area contributed by atoms with Gasteiger partial charge < -0.3 is 0 Å². The molecular weight excluding hydrogens is 244 g/mol. The third-order valence-electron chi connectivity index (χ3n) is 7.07. The van der Waals surface area contributed by atoms with Crippen molar-refractivity contribution >= 4 is 5.78 Å². The number of allylic oxidation sites excluding steroid dienone is 2. The maximum atomic E-state index is 11.7. The molecule has 1 nitrogen and oxygen atoms in total. The minimum Gasteiger partial charge on any atom is -0.295 e. The predicted octanol–water partition coefficient (Wildman–Crippen LogP) is 5.15. The van der Waals surface area contributed by atoms with Crippen LogP contribution in [-0.2, 0) is 4.79 Å². The molecule has 0 aromatic heterocycles. The van der Waals surface area contributed by atoms with E-state index in [4.69, 9.17) is 0 Å². The maximum absolute atomic E-state index is 11.7. The van der Waals surface area contributed by atoms with E-state index in [2.05, 4.69) is 20.8 Å². The number of carbonyl (C=O) groups excluding carboxylic acids is 1. The first-order valence-electron chi connectivity index (χ1n) is 8.82. The standard InChI is InChI=1S/C19H30O/c1-4-18-17-8-6-13-12-14(20)7-9-15(13)16(17)10-11-19(18,3)5-2/h12,15-18H,4-11H2,1-3H3. The van der Waals surface area contributed by atoms with Crippen molar-refractivity contribution in [2.75, 3.05) is 0 Å². The second-order valence-electron chi connectivity index (χ2n) is 7.76. The van der Waals surface area contributed by atoms with Crippen LogP contribution in [0.4, 0.5) is 0 Å². The maximum Gasteiger partial charge on any atom is 0.155 e. The van der Waals surface area contributed by atoms with Gasteiger partial charge in [-0.15, -0.1) is 0 Å². The molecule has 0 spiro atoms. The van der Waals surface area contributed by atoms with Crippen molar-refractivity contribution in [2.45, 2.75) is 72.1 Å². The summed E-state index contributed by atoms with van der Waals surface area (Å²) < 4.78 is 0. The number of rotatable bonds is 2. The van der Waals surface area contributed by atoms with Gasteiger partial charge in [-0.05, 0) is 67.3 Å². The Labute approximate surface area is 124 Å². The van der Waals surface area contributed by atoms with Crippen molar-refractivity contribution in [3.8, 4) is 0 Å². The van der Waals surface area contributed by atoms with E-state index in [0.717, 1.165) is 36.5 Å². The molecule has 3 aliphatic rings. The minimum absolute atomic E-state index is 0.385. The van der Waals surface area contributed by atoms with Crippen molar-refractivity contribution in [3.05, 3.63) is 11.6 Å². The van der Waals surface area contributed by atoms with Crippen LogP contribution in [0.1, 0.15) is 72.1 Å². The van der Waals surface area contributed by atoms with E-state index in [-0.39, 0.29) is 0 Å². The highest BCUT2D eigenvalue weighted by atomic mass is 16.1. The highest BCUT2D eigenvalue weighted by Crippen LogP contribution is 2.58. The number of carbonyl (C=O) groups is 1. The van der Waals surface area contributed by atoms with E-state index in [9.17, 15) is 4.79 Å². The summed E-state index contributed by atoms with van der Waals surface area (Å²) in [6, 6.07) is 0. The fourth-order valence-corrected chi connectivity index (χ4v) is 5.81. The summed E-state index contributed by atoms with van der Waals surface area (Å²) in [6.07, 6.45) is 12.0. The van der Waals surface area contributed by atoms with E-state index in [1.54, 1.807) is 0 Å². The van der Waals surface area contributed by atoms with Crippen LogP contribution in [0.15, 0.2) is 11.6 Å². The fourth-order valence-electron chi connectivity index (χ4n) is 5.81. The molecule has 0 N–H and O–H groups in total. The van der Waals surface area contributed by atoms with E-state index in [1.165, 1.54) is 44.1 Å². The molecule has 112 valence electrons. The van der Waals surface area contributed by atoms with Crippen LogP contribution in [0, 0.1) is 29.1 Å². The molecule has 0 aliphatic heterocycles. The molecule has 0 amide bonds. The van der Waals surface area contributed by atoms with Crippen molar-refractivity contribution in [1.29, 1.82) is 0 Å². The topological polar surface area (TPSA) is 17.1 Å². The normalized spacial score (nSPS) is 44.5. The number of ketones is 1. The minimum atomic E-state index is 0.385. The first-order chi connectivity index (χ1) is 9.59. The van der Waals surface area contributed by atoms with Crippen LogP contribution in [0.25, 0.3) is 0 Å². The summed E-state index contributed by atoms with van der Waals surface area (Å²) in [6.45, 7) is 7.32. The highest BCUT2D eigenvalue weighted by Gasteiger charge is 2.49. The lowest BCUT2D eigenvalue weighted by Gasteiger charge is -2.54. The lowest BCUT2D eigenvalue weighted by atomic mass is 9.50. The quantitative estimate of drug-likeness (QED) is 0.680. The highest BCUT2D eigenvalue weighted by molar-refractivity contribution is 5.91. The molecule has 3 rings (SSSR count). The van der Waals surface area contributed by atoms with Crippen LogP contribution >= 0.6 is 0 Å². The zero-order valence-electron chi connectivity index (χ0n) is 13.5. The SMILES string of the molecule is CCC1C2CCC3=CC(=O)CCC3C2CCC1(C)CC. The van der Waals surface area contributed by atoms with Gasteiger partial charge in [0.2, 0.25) is 0 Å². The van der Waals surface area contributed by atoms with Crippen molar-refractivity contribution < 1.29 is 4.79 Å². The van der Waals surface area contributed by atoms with Crippen molar-refractivity contribution in [2.24, 2.45) is 29.1 Å². The molecule has 2 saturated carbocycles. The van der Waals surface area contributed by atoms with Gasteiger partial charge in [0.15, 0.2) is 5.78 Å². The molecule has 0 saturated heterocycles. The second kappa shape index (κ2) is 5.31. The van der Waals surface area contributed by atoms with Gasteiger partial charge in [-0.3, -0.25) is 4.79 Å². The zero-order chi connectivity index (χ0) is 14.3. The molecule has 2 fully saturated rings. The Morgan fingerprint density at radius 1 is 1.15 bits per heavy atom. The summed E-state index contributed by atoms with van der Waals surface area (Å²) in [7, 11) is 0. The average Bonchev–Trinajstić information content (AvgIpc) is 2.46. The summed E-state index contributed by atoms with van der Waals surface area (Å²) in [5.74, 6) is 3.85. The molecule has 0 aromatic rings. The van der Waals surface area contributed by atoms with E-state index in [1.807, 2.05) is 6.08 Å². The molecular formula is C19H30O. The molecule has 3 aliphatic carbocycles. The summed E-state index contributed by atoms with van der Waals surface area (Å²) in [5.41, 5.74) is 2.08. The second-order valence-corrected chi connectivity index (χ2v) is 7.76. The van der Waals surface area contributed by atoms with Crippen molar-refractivity contribution in [1.82, 2.24) is 0 Å². The largest absolute Gasteiger partial charge is 0.295 e. The Morgan fingerprint density at radius 3 is 2.65 bits per heavy atom. The third-order valence-corrected chi connectivity index (χ3v) is 7.07.